The number of ether oxygens (including phenoxy) is 9. The number of hydrogen-bond acceptors (Lipinski definition) is 27. The predicted octanol–water partition coefficient (Wildman–Crippen LogP) is 15.8. The number of nitrogens with one attached hydrogen (secondary N) is 2. The molecule has 4 unspecified atom stereocenters. The summed E-state index contributed by atoms with van der Waals surface area (Å²) in [5.74, 6) is -1.50. The Bertz CT molecular complexity index is 5100. The van der Waals surface area contributed by atoms with Crippen LogP contribution in [0.1, 0.15) is 167 Å². The molecule has 0 radical (unpaired) electrons. The first-order valence-electron chi connectivity index (χ1n) is 45.1. The number of methoxy groups -OCH3 is 1. The van der Waals surface area contributed by atoms with Gasteiger partial charge in [-0.15, -0.1) is 35.8 Å². The van der Waals surface area contributed by atoms with Crippen LogP contribution in [-0.2, 0) is 62.0 Å². The van der Waals surface area contributed by atoms with Gasteiger partial charge in [0.2, 0.25) is 11.8 Å². The lowest BCUT2D eigenvalue weighted by molar-refractivity contribution is -0.157. The molecular formula is C96H126Cl2N10O18S2. The van der Waals surface area contributed by atoms with Gasteiger partial charge in [0.05, 0.1) is 117 Å². The molecule has 10 aliphatic rings. The summed E-state index contributed by atoms with van der Waals surface area (Å²) in [5, 5.41) is 24.1. The van der Waals surface area contributed by atoms with E-state index in [2.05, 4.69) is 33.6 Å². The van der Waals surface area contributed by atoms with Gasteiger partial charge in [0.25, 0.3) is 0 Å². The van der Waals surface area contributed by atoms with Gasteiger partial charge in [-0.3, -0.25) is 48.2 Å². The maximum Gasteiger partial charge on any atom is 0.312 e. The lowest BCUT2D eigenvalue weighted by Crippen LogP contribution is -2.48. The van der Waals surface area contributed by atoms with Crippen LogP contribution in [0.4, 0.5) is 10.3 Å². The molecule has 0 bridgehead atoms. The molecule has 16 rings (SSSR count). The highest BCUT2D eigenvalue weighted by Gasteiger charge is 2.63. The van der Waals surface area contributed by atoms with Gasteiger partial charge in [0, 0.05) is 111 Å². The van der Waals surface area contributed by atoms with E-state index in [0.717, 1.165) is 62.1 Å². The zero-order chi connectivity index (χ0) is 90.3. The highest BCUT2D eigenvalue weighted by Crippen LogP contribution is 2.59. The number of morpholine rings is 2. The molecule has 2 aromatic carbocycles. The van der Waals surface area contributed by atoms with E-state index < -0.39 is 81.7 Å². The van der Waals surface area contributed by atoms with E-state index in [1.54, 1.807) is 29.2 Å². The minimum atomic E-state index is -1.27. The van der Waals surface area contributed by atoms with E-state index in [1.807, 2.05) is 104 Å². The number of fused-ring (bicyclic) bond motifs is 4. The monoisotopic (exact) mass is 1840 g/mol. The number of Topliss-reactive ketones (excluding diaryl/α,β-unsaturated/α-hetero) is 2. The van der Waals surface area contributed by atoms with Crippen LogP contribution in [0.2, 0.25) is 10.0 Å². The average molecular weight is 1840 g/mol. The number of pyridine rings is 2. The number of ketones is 2. The second-order valence-corrected chi connectivity index (χ2v) is 41.7. The predicted molar refractivity (Wildman–Crippen MR) is 491 cm³/mol. The van der Waals surface area contributed by atoms with Crippen molar-refractivity contribution >= 4 is 125 Å². The molecule has 694 valence electrons. The van der Waals surface area contributed by atoms with Gasteiger partial charge in [0.15, 0.2) is 21.8 Å². The van der Waals surface area contributed by atoms with E-state index >= 15 is 0 Å². The number of anilines is 2. The molecule has 6 aliphatic carbocycles. The summed E-state index contributed by atoms with van der Waals surface area (Å²) in [6.07, 6.45) is 7.92. The van der Waals surface area contributed by atoms with Crippen LogP contribution in [0.3, 0.4) is 0 Å². The molecule has 16 atom stereocenters. The number of esters is 3. The van der Waals surface area contributed by atoms with E-state index in [0.29, 0.717) is 167 Å². The number of carboxylic acids is 1. The fourth-order valence-corrected chi connectivity index (χ4v) is 21.8. The smallest absolute Gasteiger partial charge is 0.312 e. The Balaban J connectivity index is 0.000000206. The molecule has 6 saturated carbocycles. The number of allylic oxidation sites excluding steroid dienone is 2. The van der Waals surface area contributed by atoms with Gasteiger partial charge in [-0.2, -0.15) is 0 Å². The average Bonchev–Trinajstić information content (AvgIpc) is 1.58. The van der Waals surface area contributed by atoms with Crippen molar-refractivity contribution < 1.29 is 86.1 Å². The van der Waals surface area contributed by atoms with Gasteiger partial charge < -0.3 is 68.2 Å². The maximum atomic E-state index is 15.0. The van der Waals surface area contributed by atoms with Crippen molar-refractivity contribution in [1.29, 1.82) is 0 Å². The number of amides is 2. The van der Waals surface area contributed by atoms with Crippen molar-refractivity contribution in [2.24, 2.45) is 69.0 Å². The first-order valence-corrected chi connectivity index (χ1v) is 47.6. The fourth-order valence-electron chi connectivity index (χ4n) is 19.6. The van der Waals surface area contributed by atoms with Gasteiger partial charge in [-0.05, 0) is 150 Å². The maximum absolute atomic E-state index is 15.0. The normalized spacial score (nSPS) is 26.8. The minimum absolute atomic E-state index is 0. The third kappa shape index (κ3) is 21.9. The number of aliphatic carboxylic acids is 1. The highest BCUT2D eigenvalue weighted by molar-refractivity contribution is 7.14. The summed E-state index contributed by atoms with van der Waals surface area (Å²) in [6.45, 7) is 35.8. The van der Waals surface area contributed by atoms with Crippen molar-refractivity contribution in [3.8, 4) is 45.8 Å². The summed E-state index contributed by atoms with van der Waals surface area (Å²) < 4.78 is 54.2. The zero-order valence-corrected chi connectivity index (χ0v) is 77.9. The van der Waals surface area contributed by atoms with Crippen LogP contribution in [0, 0.1) is 69.0 Å². The van der Waals surface area contributed by atoms with Crippen LogP contribution in [0.5, 0.6) is 23.0 Å². The summed E-state index contributed by atoms with van der Waals surface area (Å²) >= 11 is 17.2. The molecule has 0 spiro atoms. The molecule has 28 nitrogen and oxygen atoms in total. The Morgan fingerprint density at radius 1 is 0.555 bits per heavy atom. The Labute approximate surface area is 768 Å². The topological polar surface area (TPSA) is 328 Å². The first-order chi connectivity index (χ1) is 60.6. The Morgan fingerprint density at radius 3 is 1.30 bits per heavy atom. The quantitative estimate of drug-likeness (QED) is 0.0187. The number of carboxylic acid groups (broad SMARTS) is 1. The molecule has 8 heterocycles. The molecule has 128 heavy (non-hydrogen) atoms. The van der Waals surface area contributed by atoms with Crippen molar-refractivity contribution in [2.45, 2.75) is 215 Å². The molecule has 10 fully saturated rings. The number of rotatable bonds is 36. The van der Waals surface area contributed by atoms with Crippen molar-refractivity contribution in [2.75, 3.05) is 110 Å². The molecule has 4 aromatic heterocycles. The van der Waals surface area contributed by atoms with E-state index in [-0.39, 0.29) is 119 Å². The molecule has 4 aliphatic heterocycles. The second kappa shape index (κ2) is 39.8. The number of halogens is 2. The van der Waals surface area contributed by atoms with Crippen LogP contribution < -0.4 is 29.6 Å². The van der Waals surface area contributed by atoms with E-state index in [4.69, 9.17) is 85.8 Å². The lowest BCUT2D eigenvalue weighted by atomic mass is 9.77. The van der Waals surface area contributed by atoms with Gasteiger partial charge in [-0.1, -0.05) is 84.3 Å². The molecule has 32 heteroatoms. The zero-order valence-electron chi connectivity index (χ0n) is 74.8. The molecule has 6 aromatic rings. The third-order valence-electron chi connectivity index (χ3n) is 27.3. The molecular weight excluding hydrogens is 1720 g/mol. The Morgan fingerprint density at radius 2 is 0.945 bits per heavy atom. The third-order valence-corrected chi connectivity index (χ3v) is 29.5. The van der Waals surface area contributed by atoms with Crippen LogP contribution in [0.25, 0.3) is 44.6 Å². The molecule has 2 amide bonds. The van der Waals surface area contributed by atoms with Gasteiger partial charge in [0.1, 0.15) is 82.1 Å². The van der Waals surface area contributed by atoms with E-state index in [1.165, 1.54) is 47.5 Å². The lowest BCUT2D eigenvalue weighted by Gasteiger charge is -2.35. The summed E-state index contributed by atoms with van der Waals surface area (Å²) in [6, 6.07) is 9.34. The number of likely N-dealkylation sites (tertiary alicyclic amines) is 2. The van der Waals surface area contributed by atoms with Crippen molar-refractivity contribution in [1.82, 2.24) is 39.5 Å². The van der Waals surface area contributed by atoms with Gasteiger partial charge >= 0.3 is 23.9 Å². The number of carbonyl (C=O) groups excluding carboxylic acids is 7. The minimum Gasteiger partial charge on any atom is -0.491 e. The number of carbonyl (C=O) groups is 8. The first kappa shape index (κ1) is 95.5. The summed E-state index contributed by atoms with van der Waals surface area (Å²) in [5.41, 5.74) is -0.468. The van der Waals surface area contributed by atoms with Crippen LogP contribution in [-0.4, -0.2) is 240 Å². The fraction of sp³-hybridized carbons (Fsp3) is 0.625. The number of benzene rings is 2. The van der Waals surface area contributed by atoms with Crippen LogP contribution >= 0.6 is 45.9 Å². The number of hydrogen-bond donors (Lipinski definition) is 3. The van der Waals surface area contributed by atoms with E-state index in [9.17, 15) is 43.5 Å². The SMILES string of the molecule is C.C=C[C@@H]1CC1(CC(=O)[C@@H]1C[C@@H](Oc2cc(-c3csc(NC(C)C)n3)nc3c(Cl)c(OCCN4CCOCC4)ccc23)CN1C(=O)[C@@H](CC(=O)OC1C[C@@H]2C[C@@H]2C1)C(C)(C)C)C(=O)O.C=C[C@@H]1CC1(CC(=O)[C@@H]1C[C@@H](Oc2cc(-c3csc(NC(C)C)n3)nc3c(Cl)c(OCCN4CCOCC4)ccc23)CN1C(=O)[C@@H](CC(=O)OC1C[C@@H]2C[C@@H]2C1)C(C)(C)C)C(=O)OC. The van der Waals surface area contributed by atoms with Crippen molar-refractivity contribution in [3.63, 3.8) is 0 Å². The van der Waals surface area contributed by atoms with Crippen LogP contribution in [0.15, 0.2) is 72.5 Å². The number of nitrogens with zero attached hydrogens (tertiary/aromatic N) is 8. The Hall–Kier alpha value is -8.62. The number of aromatic nitrogens is 4. The molecule has 4 saturated heterocycles. The Kier molecular flexibility index (Phi) is 29.7. The standard InChI is InChI=1S/C48H62ClN5O9S.C47H60ClN5O9S.CH4/c1-8-30-23-48(30,45(58)59-7)24-38(55)37-20-32(25-54(37)44(57)34(47(4,5)6)21-41(56)63-31-18-28-17-29(28)19-31)62-40-22-35(36-26-64-46(52-36)50-27(2)3)51-43-33(40)9-10-39(42(43)49)61-16-13-53-11-14-60-15-12-53;1-7-29-22-47(29,44(57)58)23-37(54)36-19-31(24-53(36)43(56)33(46(4,5)6)20-40(55)62-30-17-27-16-28(27)18-30)61-39-21-34(35-25-63-45(51-35)49-26(2)3)50-42-32(39)8-9-38(41(42)48)60-15-12-52-10-13-59-14-11-52;/h8-10,22,26-32,34,37H,1,11-21,23-25H2,2-7H3,(H,50,52);7-9,21,25-31,33,36H,1,10-20,22-24H2,2-6H3,(H,49,51)(H,57,58);1H4/t28-,29+,30-,31?,32-,34-,37+,48?;27-,28+,29-,30?,31-,33-,36+,47?;/m11./s1. The largest absolute Gasteiger partial charge is 0.491 e. The molecule has 3 N–H and O–H groups in total. The number of thiazole rings is 2. The second-order valence-electron chi connectivity index (χ2n) is 39.2. The summed E-state index contributed by atoms with van der Waals surface area (Å²) in [7, 11) is 1.32. The summed E-state index contributed by atoms with van der Waals surface area (Å²) in [4.78, 5) is 139. The highest BCUT2D eigenvalue weighted by atomic mass is 35.5. The van der Waals surface area contributed by atoms with Gasteiger partial charge in [-0.25, -0.2) is 19.9 Å². The van der Waals surface area contributed by atoms with Crippen molar-refractivity contribution in [3.05, 3.63) is 82.5 Å².